The molecule has 25 heavy (non-hydrogen) atoms. The number of hydrogen-bond donors (Lipinski definition) is 0. The van der Waals surface area contributed by atoms with E-state index in [1.807, 2.05) is 31.2 Å². The van der Waals surface area contributed by atoms with Crippen molar-refractivity contribution < 1.29 is 14.3 Å². The van der Waals surface area contributed by atoms with E-state index in [-0.39, 0.29) is 18.4 Å². The van der Waals surface area contributed by atoms with Crippen LogP contribution >= 0.6 is 11.6 Å². The van der Waals surface area contributed by atoms with Crippen LogP contribution in [-0.4, -0.2) is 24.0 Å². The van der Waals surface area contributed by atoms with E-state index in [1.165, 1.54) is 0 Å². The fourth-order valence-electron chi connectivity index (χ4n) is 3.16. The molecule has 0 fully saturated rings. The molecule has 0 N–H and O–H groups in total. The van der Waals surface area contributed by atoms with Crippen molar-refractivity contribution in [3.63, 3.8) is 0 Å². The fraction of sp³-hybridized carbons (Fsp3) is 0.300. The zero-order chi connectivity index (χ0) is 18.0. The third kappa shape index (κ3) is 3.85. The van der Waals surface area contributed by atoms with Crippen molar-refractivity contribution in [1.29, 1.82) is 0 Å². The molecule has 1 aliphatic rings. The maximum atomic E-state index is 12.8. The summed E-state index contributed by atoms with van der Waals surface area (Å²) < 4.78 is 5.36. The van der Waals surface area contributed by atoms with Crippen LogP contribution in [0.2, 0.25) is 5.02 Å². The predicted octanol–water partition coefficient (Wildman–Crippen LogP) is 3.79. The van der Waals surface area contributed by atoms with Gasteiger partial charge in [-0.3, -0.25) is 9.59 Å². The van der Waals surface area contributed by atoms with E-state index in [1.54, 1.807) is 36.1 Å². The molecular weight excluding hydrogens is 338 g/mol. The Morgan fingerprint density at radius 1 is 1.20 bits per heavy atom. The number of ether oxygens (including phenoxy) is 1. The van der Waals surface area contributed by atoms with Crippen LogP contribution in [0.5, 0.6) is 0 Å². The van der Waals surface area contributed by atoms with Gasteiger partial charge in [-0.25, -0.2) is 0 Å². The van der Waals surface area contributed by atoms with E-state index in [0.29, 0.717) is 5.02 Å². The molecule has 5 heteroatoms. The van der Waals surface area contributed by atoms with Crippen molar-refractivity contribution in [2.75, 3.05) is 4.90 Å². The lowest BCUT2D eigenvalue weighted by atomic mass is 10.1. The molecular formula is C20H20ClNO3. The first-order chi connectivity index (χ1) is 12.0. The first-order valence-corrected chi connectivity index (χ1v) is 8.68. The zero-order valence-electron chi connectivity index (χ0n) is 14.2. The Labute approximate surface area is 152 Å². The number of halogens is 1. The monoisotopic (exact) mass is 357 g/mol. The molecule has 0 aromatic heterocycles. The molecule has 0 saturated carbocycles. The van der Waals surface area contributed by atoms with Gasteiger partial charge in [0, 0.05) is 16.8 Å². The first kappa shape index (κ1) is 17.5. The molecule has 4 nitrogen and oxygen atoms in total. The standard InChI is InChI=1S/C20H20ClNO3/c1-13-11-16-5-3-4-6-18(16)22(13)20(24)14(2)25-19(23)12-15-7-9-17(21)10-8-15/h3-10,13-14H,11-12H2,1-2H3/t13-,14-/m1/s1. The van der Waals surface area contributed by atoms with E-state index >= 15 is 0 Å². The number of amides is 1. The smallest absolute Gasteiger partial charge is 0.311 e. The average Bonchev–Trinajstić information content (AvgIpc) is 2.91. The van der Waals surface area contributed by atoms with Gasteiger partial charge in [-0.05, 0) is 49.6 Å². The van der Waals surface area contributed by atoms with Gasteiger partial charge in [0.15, 0.2) is 6.10 Å². The van der Waals surface area contributed by atoms with Crippen molar-refractivity contribution in [1.82, 2.24) is 0 Å². The quantitative estimate of drug-likeness (QED) is 0.782. The molecule has 0 spiro atoms. The Morgan fingerprint density at radius 2 is 1.88 bits per heavy atom. The predicted molar refractivity (Wildman–Crippen MR) is 97.8 cm³/mol. The lowest BCUT2D eigenvalue weighted by Gasteiger charge is -2.26. The number of benzene rings is 2. The highest BCUT2D eigenvalue weighted by molar-refractivity contribution is 6.30. The second kappa shape index (κ2) is 7.28. The molecule has 0 saturated heterocycles. The number of carbonyl (C=O) groups is 2. The summed E-state index contributed by atoms with van der Waals surface area (Å²) in [5, 5.41) is 0.613. The maximum absolute atomic E-state index is 12.8. The summed E-state index contributed by atoms with van der Waals surface area (Å²) >= 11 is 5.84. The highest BCUT2D eigenvalue weighted by Crippen LogP contribution is 2.32. The van der Waals surface area contributed by atoms with Gasteiger partial charge in [-0.2, -0.15) is 0 Å². The largest absolute Gasteiger partial charge is 0.452 e. The lowest BCUT2D eigenvalue weighted by Crippen LogP contribution is -2.43. The molecule has 1 aliphatic heterocycles. The lowest BCUT2D eigenvalue weighted by molar-refractivity contribution is -0.153. The minimum Gasteiger partial charge on any atom is -0.452 e. The molecule has 2 aromatic carbocycles. The number of carbonyl (C=O) groups excluding carboxylic acids is 2. The third-order valence-electron chi connectivity index (χ3n) is 4.36. The Kier molecular flexibility index (Phi) is 5.09. The number of fused-ring (bicyclic) bond motifs is 1. The molecule has 1 amide bonds. The highest BCUT2D eigenvalue weighted by atomic mass is 35.5. The Bertz CT molecular complexity index is 788. The highest BCUT2D eigenvalue weighted by Gasteiger charge is 2.34. The number of esters is 1. The van der Waals surface area contributed by atoms with Crippen LogP contribution in [0.3, 0.4) is 0 Å². The fourth-order valence-corrected chi connectivity index (χ4v) is 3.28. The summed E-state index contributed by atoms with van der Waals surface area (Å²) in [7, 11) is 0. The summed E-state index contributed by atoms with van der Waals surface area (Å²) in [5.74, 6) is -0.620. The summed E-state index contributed by atoms with van der Waals surface area (Å²) in [6, 6.07) is 14.9. The second-order valence-corrected chi connectivity index (χ2v) is 6.76. The normalized spacial score (nSPS) is 17.1. The molecule has 0 unspecified atom stereocenters. The van der Waals surface area contributed by atoms with Crippen molar-refractivity contribution in [3.05, 3.63) is 64.7 Å². The number of para-hydroxylation sites is 1. The van der Waals surface area contributed by atoms with Crippen LogP contribution in [0.1, 0.15) is 25.0 Å². The molecule has 2 atom stereocenters. The van der Waals surface area contributed by atoms with E-state index in [9.17, 15) is 9.59 Å². The van der Waals surface area contributed by atoms with Crippen molar-refractivity contribution in [2.24, 2.45) is 0 Å². The van der Waals surface area contributed by atoms with Crippen LogP contribution < -0.4 is 4.90 Å². The van der Waals surface area contributed by atoms with Crippen LogP contribution in [0.25, 0.3) is 0 Å². The zero-order valence-corrected chi connectivity index (χ0v) is 15.0. The molecule has 2 aromatic rings. The van der Waals surface area contributed by atoms with E-state index < -0.39 is 12.1 Å². The minimum absolute atomic E-state index is 0.0577. The molecule has 3 rings (SSSR count). The Balaban J connectivity index is 1.64. The third-order valence-corrected chi connectivity index (χ3v) is 4.61. The van der Waals surface area contributed by atoms with Gasteiger partial charge in [0.05, 0.1) is 6.42 Å². The van der Waals surface area contributed by atoms with Crippen LogP contribution in [0, 0.1) is 0 Å². The van der Waals surface area contributed by atoms with Gasteiger partial charge in [0.1, 0.15) is 0 Å². The SMILES string of the molecule is C[C@@H]1Cc2ccccc2N1C(=O)[C@@H](C)OC(=O)Cc1ccc(Cl)cc1. The maximum Gasteiger partial charge on any atom is 0.311 e. The Morgan fingerprint density at radius 3 is 2.60 bits per heavy atom. The average molecular weight is 358 g/mol. The van der Waals surface area contributed by atoms with Crippen LogP contribution in [0.4, 0.5) is 5.69 Å². The number of anilines is 1. The minimum atomic E-state index is -0.826. The van der Waals surface area contributed by atoms with Crippen LogP contribution in [-0.2, 0) is 27.2 Å². The number of rotatable bonds is 4. The van der Waals surface area contributed by atoms with E-state index in [0.717, 1.165) is 23.2 Å². The summed E-state index contributed by atoms with van der Waals surface area (Å²) in [6.07, 6.45) is 0.0993. The molecule has 0 aliphatic carbocycles. The van der Waals surface area contributed by atoms with Gasteiger partial charge in [0.2, 0.25) is 0 Å². The van der Waals surface area contributed by atoms with Gasteiger partial charge in [0.25, 0.3) is 5.91 Å². The summed E-state index contributed by atoms with van der Waals surface area (Å²) in [6.45, 7) is 3.62. The van der Waals surface area contributed by atoms with Gasteiger partial charge < -0.3 is 9.64 Å². The number of nitrogens with zero attached hydrogens (tertiary/aromatic N) is 1. The molecule has 130 valence electrons. The van der Waals surface area contributed by atoms with Gasteiger partial charge >= 0.3 is 5.97 Å². The molecule has 0 radical (unpaired) electrons. The molecule has 1 heterocycles. The molecule has 0 bridgehead atoms. The van der Waals surface area contributed by atoms with Gasteiger partial charge in [-0.1, -0.05) is 41.9 Å². The van der Waals surface area contributed by atoms with E-state index in [4.69, 9.17) is 16.3 Å². The van der Waals surface area contributed by atoms with Crippen molar-refractivity contribution in [3.8, 4) is 0 Å². The van der Waals surface area contributed by atoms with Crippen molar-refractivity contribution >= 4 is 29.2 Å². The first-order valence-electron chi connectivity index (χ1n) is 8.30. The topological polar surface area (TPSA) is 46.6 Å². The summed E-state index contributed by atoms with van der Waals surface area (Å²) in [5.41, 5.74) is 2.84. The van der Waals surface area contributed by atoms with Crippen LogP contribution in [0.15, 0.2) is 48.5 Å². The van der Waals surface area contributed by atoms with Crippen molar-refractivity contribution in [2.45, 2.75) is 38.8 Å². The second-order valence-electron chi connectivity index (χ2n) is 6.33. The summed E-state index contributed by atoms with van der Waals surface area (Å²) in [4.78, 5) is 26.6. The van der Waals surface area contributed by atoms with E-state index in [2.05, 4.69) is 0 Å². The number of hydrogen-bond acceptors (Lipinski definition) is 3. The Hall–Kier alpha value is -2.33. The van der Waals surface area contributed by atoms with Gasteiger partial charge in [-0.15, -0.1) is 0 Å².